The molecule has 1 amide bonds. The summed E-state index contributed by atoms with van der Waals surface area (Å²) in [7, 11) is -3.46. The van der Waals surface area contributed by atoms with Gasteiger partial charge in [-0.2, -0.15) is 8.42 Å². The molecule has 100 valence electrons. The molecule has 1 heterocycles. The molecule has 1 aliphatic rings. The maximum absolute atomic E-state index is 11.7. The molecular formula is C10H19NO5S. The summed E-state index contributed by atoms with van der Waals surface area (Å²) in [6.45, 7) is 5.93. The number of amides is 1. The summed E-state index contributed by atoms with van der Waals surface area (Å²) in [5.74, 6) is 0. The largest absolute Gasteiger partial charge is 0.444 e. The number of hydrogen-bond donors (Lipinski definition) is 0. The molecule has 6 nitrogen and oxygen atoms in total. The van der Waals surface area contributed by atoms with Crippen LogP contribution < -0.4 is 0 Å². The second-order valence-corrected chi connectivity index (χ2v) is 6.75. The van der Waals surface area contributed by atoms with E-state index in [0.717, 1.165) is 12.7 Å². The SMILES string of the molecule is CC(C)(C)OC(=O)N1CCC1COS(C)(=O)=O. The van der Waals surface area contributed by atoms with Gasteiger partial charge in [0.2, 0.25) is 0 Å². The van der Waals surface area contributed by atoms with Crippen molar-refractivity contribution >= 4 is 16.2 Å². The zero-order valence-electron chi connectivity index (χ0n) is 10.6. The molecule has 1 saturated heterocycles. The average Bonchev–Trinajstić information content (AvgIpc) is 1.94. The molecule has 0 aromatic rings. The molecule has 0 aliphatic carbocycles. The molecule has 1 aliphatic heterocycles. The van der Waals surface area contributed by atoms with Gasteiger partial charge in [-0.05, 0) is 27.2 Å². The van der Waals surface area contributed by atoms with Crippen LogP contribution in [0.5, 0.6) is 0 Å². The summed E-state index contributed by atoms with van der Waals surface area (Å²) in [4.78, 5) is 13.2. The Kier molecular flexibility index (Phi) is 4.03. The maximum atomic E-state index is 11.7. The first kappa shape index (κ1) is 14.2. The van der Waals surface area contributed by atoms with Crippen molar-refractivity contribution in [1.29, 1.82) is 0 Å². The van der Waals surface area contributed by atoms with Crippen LogP contribution >= 0.6 is 0 Å². The van der Waals surface area contributed by atoms with E-state index in [0.29, 0.717) is 6.54 Å². The molecule has 17 heavy (non-hydrogen) atoms. The zero-order valence-corrected chi connectivity index (χ0v) is 11.4. The summed E-state index contributed by atoms with van der Waals surface area (Å²) in [6.07, 6.45) is 1.30. The van der Waals surface area contributed by atoms with Crippen LogP contribution in [-0.2, 0) is 19.0 Å². The van der Waals surface area contributed by atoms with Gasteiger partial charge in [-0.3, -0.25) is 4.18 Å². The van der Waals surface area contributed by atoms with E-state index in [4.69, 9.17) is 4.74 Å². The van der Waals surface area contributed by atoms with E-state index in [2.05, 4.69) is 4.18 Å². The Hall–Kier alpha value is -0.820. The van der Waals surface area contributed by atoms with Crippen LogP contribution in [0, 0.1) is 0 Å². The van der Waals surface area contributed by atoms with Gasteiger partial charge in [0.15, 0.2) is 0 Å². The molecule has 1 unspecified atom stereocenters. The van der Waals surface area contributed by atoms with Crippen molar-refractivity contribution in [3.05, 3.63) is 0 Å². The number of hydrogen-bond acceptors (Lipinski definition) is 5. The van der Waals surface area contributed by atoms with Crippen molar-refractivity contribution in [2.45, 2.75) is 38.8 Å². The Bertz CT molecular complexity index is 384. The van der Waals surface area contributed by atoms with E-state index in [9.17, 15) is 13.2 Å². The van der Waals surface area contributed by atoms with Gasteiger partial charge in [0.25, 0.3) is 10.1 Å². The molecule has 1 atom stereocenters. The monoisotopic (exact) mass is 265 g/mol. The number of carbonyl (C=O) groups is 1. The van der Waals surface area contributed by atoms with E-state index in [-0.39, 0.29) is 12.6 Å². The third kappa shape index (κ3) is 4.91. The van der Waals surface area contributed by atoms with Crippen LogP contribution in [0.4, 0.5) is 4.79 Å². The molecule has 0 spiro atoms. The predicted octanol–water partition coefficient (Wildman–Crippen LogP) is 0.972. The van der Waals surface area contributed by atoms with Gasteiger partial charge < -0.3 is 9.64 Å². The highest BCUT2D eigenvalue weighted by Gasteiger charge is 2.35. The quantitative estimate of drug-likeness (QED) is 0.711. The fraction of sp³-hybridized carbons (Fsp3) is 0.900. The number of ether oxygens (including phenoxy) is 1. The molecule has 0 aromatic carbocycles. The van der Waals surface area contributed by atoms with Gasteiger partial charge in [0.1, 0.15) is 5.60 Å². The van der Waals surface area contributed by atoms with Crippen molar-refractivity contribution in [3.63, 3.8) is 0 Å². The minimum absolute atomic E-state index is 0.00191. The first-order valence-corrected chi connectivity index (χ1v) is 7.24. The summed E-state index contributed by atoms with van der Waals surface area (Å²) >= 11 is 0. The third-order valence-electron chi connectivity index (χ3n) is 2.25. The van der Waals surface area contributed by atoms with Gasteiger partial charge >= 0.3 is 6.09 Å². The molecule has 7 heteroatoms. The Morgan fingerprint density at radius 3 is 2.35 bits per heavy atom. The molecule has 0 bridgehead atoms. The molecule has 1 rings (SSSR count). The van der Waals surface area contributed by atoms with Gasteiger partial charge in [-0.25, -0.2) is 4.79 Å². The van der Waals surface area contributed by atoms with E-state index in [1.165, 1.54) is 4.90 Å². The van der Waals surface area contributed by atoms with Gasteiger partial charge in [0.05, 0.1) is 18.9 Å². The Morgan fingerprint density at radius 1 is 1.41 bits per heavy atom. The van der Waals surface area contributed by atoms with Crippen LogP contribution in [-0.4, -0.2) is 50.5 Å². The van der Waals surface area contributed by atoms with E-state index < -0.39 is 21.8 Å². The van der Waals surface area contributed by atoms with Crippen molar-refractivity contribution in [1.82, 2.24) is 4.90 Å². The van der Waals surface area contributed by atoms with Crippen molar-refractivity contribution in [3.8, 4) is 0 Å². The summed E-state index contributed by atoms with van der Waals surface area (Å²) in [5.41, 5.74) is -0.547. The minimum atomic E-state index is -3.46. The number of nitrogens with zero attached hydrogens (tertiary/aromatic N) is 1. The topological polar surface area (TPSA) is 72.9 Å². The van der Waals surface area contributed by atoms with Crippen LogP contribution in [0.15, 0.2) is 0 Å². The van der Waals surface area contributed by atoms with E-state index >= 15 is 0 Å². The van der Waals surface area contributed by atoms with Crippen molar-refractivity contribution in [2.75, 3.05) is 19.4 Å². The number of carbonyl (C=O) groups excluding carboxylic acids is 1. The summed E-state index contributed by atoms with van der Waals surface area (Å²) in [5, 5.41) is 0. The van der Waals surface area contributed by atoms with Crippen LogP contribution in [0.1, 0.15) is 27.2 Å². The second kappa shape index (κ2) is 4.81. The lowest BCUT2D eigenvalue weighted by molar-refractivity contribution is -0.0136. The van der Waals surface area contributed by atoms with Gasteiger partial charge in [-0.15, -0.1) is 0 Å². The van der Waals surface area contributed by atoms with Crippen LogP contribution in [0.25, 0.3) is 0 Å². The highest BCUT2D eigenvalue weighted by molar-refractivity contribution is 7.85. The summed E-state index contributed by atoms with van der Waals surface area (Å²) in [6, 6.07) is -0.209. The molecule has 0 radical (unpaired) electrons. The second-order valence-electron chi connectivity index (χ2n) is 5.10. The molecule has 0 aromatic heterocycles. The van der Waals surface area contributed by atoms with Crippen LogP contribution in [0.2, 0.25) is 0 Å². The first-order valence-electron chi connectivity index (χ1n) is 5.42. The Labute approximate surface area is 102 Å². The lowest BCUT2D eigenvalue weighted by atomic mass is 10.1. The molecule has 0 saturated carbocycles. The molecule has 1 fully saturated rings. The van der Waals surface area contributed by atoms with Gasteiger partial charge in [0, 0.05) is 6.54 Å². The Balaban J connectivity index is 2.43. The fourth-order valence-electron chi connectivity index (χ4n) is 1.38. The fourth-order valence-corrected chi connectivity index (χ4v) is 1.78. The minimum Gasteiger partial charge on any atom is -0.444 e. The smallest absolute Gasteiger partial charge is 0.410 e. The predicted molar refractivity (Wildman–Crippen MR) is 62.1 cm³/mol. The highest BCUT2D eigenvalue weighted by Crippen LogP contribution is 2.21. The normalized spacial score (nSPS) is 20.9. The van der Waals surface area contributed by atoms with E-state index in [1.807, 2.05) is 0 Å². The van der Waals surface area contributed by atoms with Crippen molar-refractivity contribution in [2.24, 2.45) is 0 Å². The number of likely N-dealkylation sites (tertiary alicyclic amines) is 1. The van der Waals surface area contributed by atoms with Crippen LogP contribution in [0.3, 0.4) is 0 Å². The molecule has 0 N–H and O–H groups in total. The Morgan fingerprint density at radius 2 is 2.00 bits per heavy atom. The lowest BCUT2D eigenvalue weighted by Crippen LogP contribution is -2.54. The lowest BCUT2D eigenvalue weighted by Gasteiger charge is -2.40. The third-order valence-corrected chi connectivity index (χ3v) is 2.81. The first-order chi connectivity index (χ1) is 7.58. The zero-order chi connectivity index (χ0) is 13.3. The van der Waals surface area contributed by atoms with E-state index in [1.54, 1.807) is 20.8 Å². The molecular weight excluding hydrogens is 246 g/mol. The average molecular weight is 265 g/mol. The summed E-state index contributed by atoms with van der Waals surface area (Å²) < 4.78 is 31.5. The van der Waals surface area contributed by atoms with Crippen molar-refractivity contribution < 1.29 is 22.1 Å². The maximum Gasteiger partial charge on any atom is 0.410 e. The highest BCUT2D eigenvalue weighted by atomic mass is 32.2. The standard InChI is InChI=1S/C10H19NO5S/c1-10(2,3)16-9(12)11-6-5-8(11)7-15-17(4,13)14/h8H,5-7H2,1-4H3. The van der Waals surface area contributed by atoms with Gasteiger partial charge in [-0.1, -0.05) is 0 Å². The number of rotatable bonds is 3.